The lowest BCUT2D eigenvalue weighted by atomic mass is 10.1. The molecule has 0 bridgehead atoms. The third kappa shape index (κ3) is 4.12. The van der Waals surface area contributed by atoms with Gasteiger partial charge in [0, 0.05) is 31.3 Å². The highest BCUT2D eigenvalue weighted by molar-refractivity contribution is 5.95. The number of nitro benzene ring substituents is 1. The van der Waals surface area contributed by atoms with E-state index in [2.05, 4.69) is 5.32 Å². The third-order valence-electron chi connectivity index (χ3n) is 4.06. The molecule has 0 aromatic heterocycles. The molecule has 0 aliphatic heterocycles. The Kier molecular flexibility index (Phi) is 4.65. The van der Waals surface area contributed by atoms with Crippen LogP contribution in [0.3, 0.4) is 0 Å². The summed E-state index contributed by atoms with van der Waals surface area (Å²) in [5.41, 5.74) is 1.36. The van der Waals surface area contributed by atoms with E-state index in [9.17, 15) is 19.3 Å². The number of amides is 1. The van der Waals surface area contributed by atoms with Gasteiger partial charge < -0.3 is 10.2 Å². The summed E-state index contributed by atoms with van der Waals surface area (Å²) in [4.78, 5) is 24.8. The zero-order chi connectivity index (χ0) is 18.0. The van der Waals surface area contributed by atoms with Crippen LogP contribution in [0.25, 0.3) is 0 Å². The summed E-state index contributed by atoms with van der Waals surface area (Å²) in [6, 6.07) is 10.6. The number of halogens is 1. The van der Waals surface area contributed by atoms with Crippen molar-refractivity contribution in [2.24, 2.45) is 0 Å². The standard InChI is InChI=1S/C18H18FN3O3/c1-21(11-12-2-5-14(19)6-3-12)18(23)13-4-9-16(20-15-7-8-15)17(10-13)22(24)25/h2-6,9-10,15,20H,7-8,11H2,1H3. The molecule has 0 spiro atoms. The molecule has 2 aromatic rings. The summed E-state index contributed by atoms with van der Waals surface area (Å²) >= 11 is 0. The quantitative estimate of drug-likeness (QED) is 0.642. The Hall–Kier alpha value is -2.96. The fourth-order valence-electron chi connectivity index (χ4n) is 2.54. The molecule has 0 radical (unpaired) electrons. The predicted molar refractivity (Wildman–Crippen MR) is 91.9 cm³/mol. The van der Waals surface area contributed by atoms with Crippen LogP contribution in [-0.2, 0) is 6.54 Å². The zero-order valence-electron chi connectivity index (χ0n) is 13.7. The number of anilines is 1. The van der Waals surface area contributed by atoms with E-state index < -0.39 is 4.92 Å². The van der Waals surface area contributed by atoms with Crippen LogP contribution in [0.15, 0.2) is 42.5 Å². The van der Waals surface area contributed by atoms with E-state index in [4.69, 9.17) is 0 Å². The normalized spacial score (nSPS) is 13.4. The van der Waals surface area contributed by atoms with Crippen molar-refractivity contribution in [3.63, 3.8) is 0 Å². The van der Waals surface area contributed by atoms with Crippen LogP contribution < -0.4 is 5.32 Å². The van der Waals surface area contributed by atoms with Gasteiger partial charge in [0.15, 0.2) is 0 Å². The predicted octanol–water partition coefficient (Wildman–Crippen LogP) is 3.58. The van der Waals surface area contributed by atoms with Crippen molar-refractivity contribution < 1.29 is 14.1 Å². The van der Waals surface area contributed by atoms with E-state index in [0.29, 0.717) is 5.69 Å². The Morgan fingerprint density at radius 3 is 2.56 bits per heavy atom. The van der Waals surface area contributed by atoms with Gasteiger partial charge in [-0.25, -0.2) is 4.39 Å². The minimum Gasteiger partial charge on any atom is -0.377 e. The second-order valence-corrected chi connectivity index (χ2v) is 6.20. The maximum atomic E-state index is 12.9. The first kappa shape index (κ1) is 16.9. The fraction of sp³-hybridized carbons (Fsp3) is 0.278. The lowest BCUT2D eigenvalue weighted by molar-refractivity contribution is -0.384. The van der Waals surface area contributed by atoms with Crippen molar-refractivity contribution in [2.75, 3.05) is 12.4 Å². The molecule has 1 fully saturated rings. The molecule has 1 aliphatic rings. The molecule has 0 atom stereocenters. The molecular weight excluding hydrogens is 325 g/mol. The largest absolute Gasteiger partial charge is 0.377 e. The van der Waals surface area contributed by atoms with Gasteiger partial charge in [-0.2, -0.15) is 0 Å². The SMILES string of the molecule is CN(Cc1ccc(F)cc1)C(=O)c1ccc(NC2CC2)c([N+](=O)[O-])c1. The second-order valence-electron chi connectivity index (χ2n) is 6.20. The molecule has 0 unspecified atom stereocenters. The average Bonchev–Trinajstić information content (AvgIpc) is 3.40. The highest BCUT2D eigenvalue weighted by atomic mass is 19.1. The number of carbonyl (C=O) groups is 1. The van der Waals surface area contributed by atoms with E-state index in [1.54, 1.807) is 31.3 Å². The molecule has 0 saturated heterocycles. The van der Waals surface area contributed by atoms with Crippen LogP contribution in [0.4, 0.5) is 15.8 Å². The molecule has 2 aromatic carbocycles. The molecule has 6 nitrogen and oxygen atoms in total. The van der Waals surface area contributed by atoms with E-state index in [-0.39, 0.29) is 35.6 Å². The van der Waals surface area contributed by atoms with E-state index in [1.165, 1.54) is 23.1 Å². The first-order chi connectivity index (χ1) is 11.9. The van der Waals surface area contributed by atoms with Crippen LogP contribution in [0.5, 0.6) is 0 Å². The fourth-order valence-corrected chi connectivity index (χ4v) is 2.54. The zero-order valence-corrected chi connectivity index (χ0v) is 13.7. The van der Waals surface area contributed by atoms with Gasteiger partial charge in [-0.3, -0.25) is 14.9 Å². The number of carbonyl (C=O) groups excluding carboxylic acids is 1. The molecule has 7 heteroatoms. The monoisotopic (exact) mass is 343 g/mol. The van der Waals surface area contributed by atoms with Gasteiger partial charge in [0.1, 0.15) is 11.5 Å². The third-order valence-corrected chi connectivity index (χ3v) is 4.06. The molecule has 1 N–H and O–H groups in total. The molecule has 25 heavy (non-hydrogen) atoms. The highest BCUT2D eigenvalue weighted by Gasteiger charge is 2.26. The molecule has 0 heterocycles. The van der Waals surface area contributed by atoms with Crippen LogP contribution in [0.2, 0.25) is 0 Å². The van der Waals surface area contributed by atoms with Crippen molar-refractivity contribution in [1.29, 1.82) is 0 Å². The van der Waals surface area contributed by atoms with Crippen LogP contribution in [0.1, 0.15) is 28.8 Å². The number of rotatable bonds is 6. The van der Waals surface area contributed by atoms with E-state index >= 15 is 0 Å². The summed E-state index contributed by atoms with van der Waals surface area (Å²) in [5, 5.41) is 14.4. The van der Waals surface area contributed by atoms with Gasteiger partial charge in [0.25, 0.3) is 11.6 Å². The number of hydrogen-bond acceptors (Lipinski definition) is 4. The number of nitrogens with one attached hydrogen (secondary N) is 1. The highest BCUT2D eigenvalue weighted by Crippen LogP contribution is 2.31. The summed E-state index contributed by atoms with van der Waals surface area (Å²) in [5.74, 6) is -0.669. The molecule has 1 amide bonds. The number of benzene rings is 2. The summed E-state index contributed by atoms with van der Waals surface area (Å²) in [6.45, 7) is 0.287. The van der Waals surface area contributed by atoms with Crippen molar-refractivity contribution >= 4 is 17.3 Å². The van der Waals surface area contributed by atoms with E-state index in [0.717, 1.165) is 18.4 Å². The number of nitro groups is 1. The van der Waals surface area contributed by atoms with Crippen molar-refractivity contribution in [2.45, 2.75) is 25.4 Å². The Labute approximate surface area is 144 Å². The van der Waals surface area contributed by atoms with Crippen LogP contribution in [-0.4, -0.2) is 28.8 Å². The Bertz CT molecular complexity index is 804. The van der Waals surface area contributed by atoms with Crippen LogP contribution >= 0.6 is 0 Å². The smallest absolute Gasteiger partial charge is 0.293 e. The maximum Gasteiger partial charge on any atom is 0.293 e. The molecule has 1 saturated carbocycles. The first-order valence-electron chi connectivity index (χ1n) is 7.99. The minimum absolute atomic E-state index is 0.104. The van der Waals surface area contributed by atoms with Crippen molar-refractivity contribution in [1.82, 2.24) is 4.90 Å². The van der Waals surface area contributed by atoms with E-state index in [1.807, 2.05) is 0 Å². The first-order valence-corrected chi connectivity index (χ1v) is 7.99. The van der Waals surface area contributed by atoms with Gasteiger partial charge in [0.05, 0.1) is 4.92 Å². The maximum absolute atomic E-state index is 12.9. The summed E-state index contributed by atoms with van der Waals surface area (Å²) in [6.07, 6.45) is 2.00. The Balaban J connectivity index is 1.77. The number of hydrogen-bond donors (Lipinski definition) is 1. The van der Waals surface area contributed by atoms with Crippen molar-refractivity contribution in [3.05, 3.63) is 69.5 Å². The summed E-state index contributed by atoms with van der Waals surface area (Å²) in [7, 11) is 1.61. The molecule has 130 valence electrons. The molecule has 3 rings (SSSR count). The van der Waals surface area contributed by atoms with Gasteiger partial charge >= 0.3 is 0 Å². The average molecular weight is 343 g/mol. The molecular formula is C18H18FN3O3. The Morgan fingerprint density at radius 1 is 1.28 bits per heavy atom. The lowest BCUT2D eigenvalue weighted by Gasteiger charge is -2.18. The van der Waals surface area contributed by atoms with Gasteiger partial charge in [-0.15, -0.1) is 0 Å². The van der Waals surface area contributed by atoms with Crippen LogP contribution in [0, 0.1) is 15.9 Å². The Morgan fingerprint density at radius 2 is 1.96 bits per heavy atom. The topological polar surface area (TPSA) is 75.5 Å². The minimum atomic E-state index is -0.485. The second kappa shape index (κ2) is 6.88. The van der Waals surface area contributed by atoms with Gasteiger partial charge in [0.2, 0.25) is 0 Å². The van der Waals surface area contributed by atoms with Crippen molar-refractivity contribution in [3.8, 4) is 0 Å². The summed E-state index contributed by atoms with van der Waals surface area (Å²) < 4.78 is 12.9. The lowest BCUT2D eigenvalue weighted by Crippen LogP contribution is -2.26. The molecule has 1 aliphatic carbocycles. The van der Waals surface area contributed by atoms with Gasteiger partial charge in [-0.05, 0) is 42.7 Å². The van der Waals surface area contributed by atoms with Gasteiger partial charge in [-0.1, -0.05) is 12.1 Å². The number of nitrogens with zero attached hydrogens (tertiary/aromatic N) is 2.